The van der Waals surface area contributed by atoms with Crippen molar-refractivity contribution in [1.82, 2.24) is 0 Å². The topological polar surface area (TPSA) is 44.0 Å². The molecule has 3 nitrogen and oxygen atoms in total. The van der Waals surface area contributed by atoms with Crippen LogP contribution in [0.4, 0.5) is 0 Å². The van der Waals surface area contributed by atoms with Gasteiger partial charge in [-0.25, -0.2) is 0 Å². The van der Waals surface area contributed by atoms with Crippen molar-refractivity contribution in [2.24, 2.45) is 0 Å². The fourth-order valence-electron chi connectivity index (χ4n) is 3.06. The van der Waals surface area contributed by atoms with Crippen LogP contribution >= 0.6 is 27.5 Å². The third kappa shape index (κ3) is 4.32. The molecule has 1 heterocycles. The fourth-order valence-corrected chi connectivity index (χ4v) is 3.55. The highest BCUT2D eigenvalue weighted by Crippen LogP contribution is 2.33. The standard InChI is InChI=1S/C21H17BrClNO2/c1-14-11-18(23)8-9-19(14)20(15-4-6-17(22)7-5-15)12-21(25)16-3-2-10-24(26)13-16/h2-11,13,20H,12H2,1H3. The van der Waals surface area contributed by atoms with Crippen LogP contribution in [-0.2, 0) is 0 Å². The van der Waals surface area contributed by atoms with Gasteiger partial charge in [-0.3, -0.25) is 4.79 Å². The molecule has 0 radical (unpaired) electrons. The molecular formula is C21H17BrClNO2. The first kappa shape index (κ1) is 18.6. The number of halogens is 2. The number of ketones is 1. The first-order valence-corrected chi connectivity index (χ1v) is 9.34. The van der Waals surface area contributed by atoms with Gasteiger partial charge in [0.15, 0.2) is 18.2 Å². The molecule has 3 aromatic rings. The van der Waals surface area contributed by atoms with Gasteiger partial charge in [0.2, 0.25) is 0 Å². The first-order valence-electron chi connectivity index (χ1n) is 8.17. The van der Waals surface area contributed by atoms with Gasteiger partial charge in [-0.2, -0.15) is 4.73 Å². The molecule has 26 heavy (non-hydrogen) atoms. The zero-order valence-corrected chi connectivity index (χ0v) is 16.5. The molecule has 0 saturated heterocycles. The van der Waals surface area contributed by atoms with E-state index in [9.17, 15) is 10.0 Å². The number of Topliss-reactive ketones (excluding diaryl/α,β-unsaturated/α-hetero) is 1. The van der Waals surface area contributed by atoms with E-state index in [2.05, 4.69) is 15.9 Å². The molecule has 5 heteroatoms. The number of hydrogen-bond acceptors (Lipinski definition) is 2. The van der Waals surface area contributed by atoms with Gasteiger partial charge in [-0.1, -0.05) is 45.7 Å². The lowest BCUT2D eigenvalue weighted by atomic mass is 9.84. The number of aromatic nitrogens is 1. The van der Waals surface area contributed by atoms with Crippen LogP contribution in [0.3, 0.4) is 0 Å². The van der Waals surface area contributed by atoms with Crippen molar-refractivity contribution in [2.45, 2.75) is 19.3 Å². The summed E-state index contributed by atoms with van der Waals surface area (Å²) >= 11 is 9.55. The van der Waals surface area contributed by atoms with Gasteiger partial charge in [0.25, 0.3) is 0 Å². The van der Waals surface area contributed by atoms with Crippen LogP contribution in [0.15, 0.2) is 71.5 Å². The molecule has 1 aromatic heterocycles. The van der Waals surface area contributed by atoms with Crippen molar-refractivity contribution < 1.29 is 9.52 Å². The van der Waals surface area contributed by atoms with Gasteiger partial charge < -0.3 is 5.21 Å². The van der Waals surface area contributed by atoms with Crippen molar-refractivity contribution in [3.05, 3.63) is 104 Å². The third-order valence-electron chi connectivity index (χ3n) is 4.37. The van der Waals surface area contributed by atoms with E-state index in [1.807, 2.05) is 49.4 Å². The minimum atomic E-state index is -0.117. The van der Waals surface area contributed by atoms with Gasteiger partial charge in [-0.05, 0) is 53.9 Å². The number of aryl methyl sites for hydroxylation is 1. The van der Waals surface area contributed by atoms with Crippen molar-refractivity contribution in [1.29, 1.82) is 0 Å². The fraction of sp³-hybridized carbons (Fsp3) is 0.143. The van der Waals surface area contributed by atoms with Gasteiger partial charge in [0.1, 0.15) is 0 Å². The second kappa shape index (κ2) is 8.02. The third-order valence-corrected chi connectivity index (χ3v) is 5.13. The second-order valence-electron chi connectivity index (χ2n) is 6.18. The summed E-state index contributed by atoms with van der Waals surface area (Å²) in [5.74, 6) is -0.189. The summed E-state index contributed by atoms with van der Waals surface area (Å²) in [5.41, 5.74) is 3.54. The summed E-state index contributed by atoms with van der Waals surface area (Å²) in [6.07, 6.45) is 2.95. The summed E-state index contributed by atoms with van der Waals surface area (Å²) in [6.45, 7) is 1.99. The van der Waals surface area contributed by atoms with Crippen LogP contribution in [0.25, 0.3) is 0 Å². The van der Waals surface area contributed by atoms with Crippen LogP contribution < -0.4 is 4.73 Å². The molecule has 3 rings (SSSR count). The number of nitrogens with zero attached hydrogens (tertiary/aromatic N) is 1. The zero-order valence-electron chi connectivity index (χ0n) is 14.2. The van der Waals surface area contributed by atoms with Crippen LogP contribution in [0.2, 0.25) is 5.02 Å². The number of hydrogen-bond donors (Lipinski definition) is 0. The zero-order chi connectivity index (χ0) is 18.7. The largest absolute Gasteiger partial charge is 0.619 e. The van der Waals surface area contributed by atoms with E-state index < -0.39 is 0 Å². The molecule has 132 valence electrons. The molecule has 0 amide bonds. The quantitative estimate of drug-likeness (QED) is 0.307. The SMILES string of the molecule is Cc1cc(Cl)ccc1C(CC(=O)c1ccc[n+]([O-])c1)c1ccc(Br)cc1. The Hall–Kier alpha value is -2.17. The lowest BCUT2D eigenvalue weighted by Gasteiger charge is -2.20. The Morgan fingerprint density at radius 2 is 1.92 bits per heavy atom. The molecule has 0 aliphatic heterocycles. The van der Waals surface area contributed by atoms with Crippen LogP contribution in [0.5, 0.6) is 0 Å². The average Bonchev–Trinajstić information content (AvgIpc) is 2.61. The van der Waals surface area contributed by atoms with Crippen LogP contribution in [0, 0.1) is 12.1 Å². The van der Waals surface area contributed by atoms with Crippen molar-refractivity contribution in [2.75, 3.05) is 0 Å². The Bertz CT molecular complexity index is 941. The van der Waals surface area contributed by atoms with Gasteiger partial charge in [0.05, 0.1) is 5.56 Å². The Kier molecular flexibility index (Phi) is 5.74. The van der Waals surface area contributed by atoms with E-state index in [-0.39, 0.29) is 18.1 Å². The van der Waals surface area contributed by atoms with Crippen molar-refractivity contribution in [3.8, 4) is 0 Å². The van der Waals surface area contributed by atoms with Crippen LogP contribution in [-0.4, -0.2) is 5.78 Å². The molecule has 0 N–H and O–H groups in total. The number of carbonyl (C=O) groups excluding carboxylic acids is 1. The molecule has 0 spiro atoms. The summed E-state index contributed by atoms with van der Waals surface area (Å²) in [5, 5.41) is 12.2. The maximum atomic E-state index is 12.8. The van der Waals surface area contributed by atoms with Gasteiger partial charge in [-0.15, -0.1) is 0 Å². The number of rotatable bonds is 5. The van der Waals surface area contributed by atoms with E-state index >= 15 is 0 Å². The summed E-state index contributed by atoms with van der Waals surface area (Å²) in [4.78, 5) is 12.8. The van der Waals surface area contributed by atoms with Gasteiger partial charge in [0, 0.05) is 27.9 Å². The maximum Gasteiger partial charge on any atom is 0.191 e. The Balaban J connectivity index is 2.00. The molecule has 0 aliphatic carbocycles. The molecule has 0 aliphatic rings. The summed E-state index contributed by atoms with van der Waals surface area (Å²) in [6, 6.07) is 16.9. The predicted molar refractivity (Wildman–Crippen MR) is 107 cm³/mol. The van der Waals surface area contributed by atoms with Gasteiger partial charge >= 0.3 is 0 Å². The summed E-state index contributed by atoms with van der Waals surface area (Å²) < 4.78 is 1.63. The van der Waals surface area contributed by atoms with E-state index in [0.29, 0.717) is 15.3 Å². The number of carbonyl (C=O) groups is 1. The van der Waals surface area contributed by atoms with E-state index in [0.717, 1.165) is 21.2 Å². The lowest BCUT2D eigenvalue weighted by molar-refractivity contribution is -0.605. The minimum absolute atomic E-state index is 0.0718. The summed E-state index contributed by atoms with van der Waals surface area (Å²) in [7, 11) is 0. The molecular weight excluding hydrogens is 414 g/mol. The average molecular weight is 431 g/mol. The Labute approximate surface area is 166 Å². The van der Waals surface area contributed by atoms with E-state index in [1.165, 1.54) is 12.4 Å². The molecule has 0 saturated carbocycles. The van der Waals surface area contributed by atoms with Crippen LogP contribution in [0.1, 0.15) is 39.4 Å². The number of benzene rings is 2. The van der Waals surface area contributed by atoms with Crippen molar-refractivity contribution >= 4 is 33.3 Å². The molecule has 0 bridgehead atoms. The normalized spacial score (nSPS) is 12.0. The molecule has 1 atom stereocenters. The second-order valence-corrected chi connectivity index (χ2v) is 7.54. The highest BCUT2D eigenvalue weighted by molar-refractivity contribution is 9.10. The highest BCUT2D eigenvalue weighted by atomic mass is 79.9. The molecule has 2 aromatic carbocycles. The van der Waals surface area contributed by atoms with E-state index in [4.69, 9.17) is 11.6 Å². The molecule has 1 unspecified atom stereocenters. The minimum Gasteiger partial charge on any atom is -0.619 e. The molecule has 0 fully saturated rings. The van der Waals surface area contributed by atoms with E-state index in [1.54, 1.807) is 12.1 Å². The maximum absolute atomic E-state index is 12.8. The smallest absolute Gasteiger partial charge is 0.191 e. The Morgan fingerprint density at radius 3 is 2.58 bits per heavy atom. The highest BCUT2D eigenvalue weighted by Gasteiger charge is 2.22. The first-order chi connectivity index (χ1) is 12.4. The lowest BCUT2D eigenvalue weighted by Crippen LogP contribution is -2.26. The Morgan fingerprint density at radius 1 is 1.19 bits per heavy atom. The monoisotopic (exact) mass is 429 g/mol. The predicted octanol–water partition coefficient (Wildman–Crippen LogP) is 5.45. The number of pyridine rings is 1. The van der Waals surface area contributed by atoms with Crippen molar-refractivity contribution in [3.63, 3.8) is 0 Å².